The molecule has 158 valence electrons. The van der Waals surface area contributed by atoms with Crippen molar-refractivity contribution in [3.63, 3.8) is 0 Å². The number of nitrogens with one attached hydrogen (secondary N) is 1. The number of aryl methyl sites for hydroxylation is 1. The highest BCUT2D eigenvalue weighted by Crippen LogP contribution is 2.33. The lowest BCUT2D eigenvalue weighted by molar-refractivity contribution is -0.115. The van der Waals surface area contributed by atoms with Crippen molar-refractivity contribution in [2.45, 2.75) is 33.8 Å². The van der Waals surface area contributed by atoms with Gasteiger partial charge >= 0.3 is 5.97 Å². The second-order valence-electron chi connectivity index (χ2n) is 6.41. The Hall–Kier alpha value is -2.78. The fourth-order valence-electron chi connectivity index (χ4n) is 2.67. The quantitative estimate of drug-likeness (QED) is 0.496. The number of carbonyl (C=O) groups excluding carboxylic acids is 2. The number of hydrogen-bond donors (Lipinski definition) is 1. The van der Waals surface area contributed by atoms with Gasteiger partial charge in [-0.25, -0.2) is 14.2 Å². The maximum atomic E-state index is 12.9. The number of nitrogens with zero attached hydrogens (tertiary/aromatic N) is 1. The SMILES string of the molecule is CCOC(=O)c1c(NC(=O)Cc2csc(COc3ccc(F)cc3)n2)sc(C)c1C. The van der Waals surface area contributed by atoms with Gasteiger partial charge in [0, 0.05) is 10.3 Å². The minimum atomic E-state index is -0.441. The maximum Gasteiger partial charge on any atom is 0.341 e. The van der Waals surface area contributed by atoms with Crippen molar-refractivity contribution in [3.05, 3.63) is 62.2 Å². The van der Waals surface area contributed by atoms with E-state index < -0.39 is 5.97 Å². The lowest BCUT2D eigenvalue weighted by Gasteiger charge is -2.06. The molecule has 2 aromatic heterocycles. The summed E-state index contributed by atoms with van der Waals surface area (Å²) >= 11 is 2.73. The normalized spacial score (nSPS) is 10.7. The van der Waals surface area contributed by atoms with Crippen LogP contribution in [0.1, 0.15) is 38.4 Å². The fourth-order valence-corrected chi connectivity index (χ4v) is 4.44. The van der Waals surface area contributed by atoms with Gasteiger partial charge in [-0.3, -0.25) is 4.79 Å². The van der Waals surface area contributed by atoms with Crippen LogP contribution in [0.4, 0.5) is 9.39 Å². The number of rotatable bonds is 8. The third-order valence-electron chi connectivity index (χ3n) is 4.23. The van der Waals surface area contributed by atoms with Crippen LogP contribution in [0.15, 0.2) is 29.6 Å². The van der Waals surface area contributed by atoms with E-state index in [1.807, 2.05) is 13.8 Å². The predicted octanol–water partition coefficient (Wildman–Crippen LogP) is 4.90. The third kappa shape index (κ3) is 5.43. The Balaban J connectivity index is 1.60. The van der Waals surface area contributed by atoms with Gasteiger partial charge in [0.25, 0.3) is 0 Å². The Morgan fingerprint density at radius 1 is 1.20 bits per heavy atom. The van der Waals surface area contributed by atoms with E-state index in [1.165, 1.54) is 34.8 Å². The van der Waals surface area contributed by atoms with Crippen LogP contribution in [-0.2, 0) is 22.6 Å². The van der Waals surface area contributed by atoms with Crippen molar-refractivity contribution >= 4 is 39.6 Å². The number of hydrogen-bond acceptors (Lipinski definition) is 7. The molecule has 0 spiro atoms. The molecule has 0 aliphatic heterocycles. The molecule has 3 rings (SSSR count). The summed E-state index contributed by atoms with van der Waals surface area (Å²) < 4.78 is 23.6. The largest absolute Gasteiger partial charge is 0.486 e. The number of anilines is 1. The summed E-state index contributed by atoms with van der Waals surface area (Å²) in [6.45, 7) is 5.97. The number of thiazole rings is 1. The molecule has 0 saturated carbocycles. The number of ether oxygens (including phenoxy) is 2. The van der Waals surface area contributed by atoms with Crippen molar-refractivity contribution in [2.75, 3.05) is 11.9 Å². The van der Waals surface area contributed by atoms with Gasteiger partial charge in [0.15, 0.2) is 0 Å². The molecule has 30 heavy (non-hydrogen) atoms. The van der Waals surface area contributed by atoms with E-state index in [4.69, 9.17) is 9.47 Å². The third-order valence-corrected chi connectivity index (χ3v) is 6.23. The van der Waals surface area contributed by atoms with E-state index >= 15 is 0 Å². The van der Waals surface area contributed by atoms with E-state index in [2.05, 4.69) is 10.3 Å². The Kier molecular flexibility index (Phi) is 7.17. The van der Waals surface area contributed by atoms with Crippen LogP contribution in [0.25, 0.3) is 0 Å². The van der Waals surface area contributed by atoms with Gasteiger partial charge in [-0.2, -0.15) is 0 Å². The molecule has 6 nitrogen and oxygen atoms in total. The minimum Gasteiger partial charge on any atom is -0.486 e. The number of carbonyl (C=O) groups is 2. The zero-order chi connectivity index (χ0) is 21.7. The van der Waals surface area contributed by atoms with Crippen LogP contribution in [0, 0.1) is 19.7 Å². The highest BCUT2D eigenvalue weighted by atomic mass is 32.1. The summed E-state index contributed by atoms with van der Waals surface area (Å²) in [7, 11) is 0. The zero-order valence-corrected chi connectivity index (χ0v) is 18.4. The van der Waals surface area contributed by atoms with E-state index in [-0.39, 0.29) is 31.4 Å². The predicted molar refractivity (Wildman–Crippen MR) is 115 cm³/mol. The standard InChI is InChI=1S/C21H21FN2O4S2/c1-4-27-21(26)19-12(2)13(3)30-20(19)24-17(25)9-15-11-29-18(23-15)10-28-16-7-5-14(22)6-8-16/h5-8,11H,4,9-10H2,1-3H3,(H,24,25). The molecule has 0 atom stereocenters. The van der Waals surface area contributed by atoms with Crippen LogP contribution in [0.5, 0.6) is 5.75 Å². The molecule has 0 radical (unpaired) electrons. The number of esters is 1. The first kappa shape index (κ1) is 21.9. The minimum absolute atomic E-state index is 0.0747. The Morgan fingerprint density at radius 3 is 2.63 bits per heavy atom. The summed E-state index contributed by atoms with van der Waals surface area (Å²) in [5.41, 5.74) is 1.82. The van der Waals surface area contributed by atoms with Crippen molar-refractivity contribution in [1.29, 1.82) is 0 Å². The van der Waals surface area contributed by atoms with E-state index in [1.54, 1.807) is 24.4 Å². The van der Waals surface area contributed by atoms with E-state index in [9.17, 15) is 14.0 Å². The Morgan fingerprint density at radius 2 is 1.93 bits per heavy atom. The van der Waals surface area contributed by atoms with Crippen LogP contribution in [0.3, 0.4) is 0 Å². The first-order valence-corrected chi connectivity index (χ1v) is 11.0. The molecule has 9 heteroatoms. The second-order valence-corrected chi connectivity index (χ2v) is 8.58. The monoisotopic (exact) mass is 448 g/mol. The molecule has 0 fully saturated rings. The van der Waals surface area contributed by atoms with Crippen molar-refractivity contribution in [1.82, 2.24) is 4.98 Å². The lowest BCUT2D eigenvalue weighted by Crippen LogP contribution is -2.16. The molecule has 0 saturated heterocycles. The molecule has 3 aromatic rings. The van der Waals surface area contributed by atoms with Crippen LogP contribution < -0.4 is 10.1 Å². The number of halogens is 1. The first-order chi connectivity index (χ1) is 14.4. The number of thiophene rings is 1. The zero-order valence-electron chi connectivity index (χ0n) is 16.8. The van der Waals surface area contributed by atoms with Gasteiger partial charge in [0.05, 0.1) is 24.3 Å². The summed E-state index contributed by atoms with van der Waals surface area (Å²) in [6, 6.07) is 5.74. The molecular formula is C21H21FN2O4S2. The van der Waals surface area contributed by atoms with Gasteiger partial charge in [-0.05, 0) is 50.6 Å². The molecule has 0 bridgehead atoms. The Labute approximate surface area is 181 Å². The first-order valence-electron chi connectivity index (χ1n) is 9.26. The molecule has 1 amide bonds. The van der Waals surface area contributed by atoms with Crippen LogP contribution in [-0.4, -0.2) is 23.5 Å². The van der Waals surface area contributed by atoms with Gasteiger partial charge < -0.3 is 14.8 Å². The average molecular weight is 449 g/mol. The van der Waals surface area contributed by atoms with Gasteiger partial charge in [-0.1, -0.05) is 0 Å². The molecular weight excluding hydrogens is 427 g/mol. The molecule has 1 N–H and O–H groups in total. The van der Waals surface area contributed by atoms with Crippen molar-refractivity contribution in [2.24, 2.45) is 0 Å². The van der Waals surface area contributed by atoms with E-state index in [0.717, 1.165) is 10.4 Å². The topological polar surface area (TPSA) is 77.5 Å². The summed E-state index contributed by atoms with van der Waals surface area (Å²) in [5.74, 6) is -0.491. The Bertz CT molecular complexity index is 1040. The fraction of sp³-hybridized carbons (Fsp3) is 0.286. The summed E-state index contributed by atoms with van der Waals surface area (Å²) in [5, 5.41) is 5.80. The van der Waals surface area contributed by atoms with Gasteiger partial charge in [0.1, 0.15) is 28.2 Å². The molecule has 0 aliphatic carbocycles. The molecule has 0 unspecified atom stereocenters. The maximum absolute atomic E-state index is 12.9. The molecule has 2 heterocycles. The lowest BCUT2D eigenvalue weighted by atomic mass is 10.1. The summed E-state index contributed by atoms with van der Waals surface area (Å²) in [6.07, 6.45) is 0.0747. The van der Waals surface area contributed by atoms with Crippen LogP contribution in [0.2, 0.25) is 0 Å². The average Bonchev–Trinajstić information content (AvgIpc) is 3.25. The van der Waals surface area contributed by atoms with Crippen LogP contribution >= 0.6 is 22.7 Å². The highest BCUT2D eigenvalue weighted by Gasteiger charge is 2.22. The second kappa shape index (κ2) is 9.82. The molecule has 0 aliphatic rings. The summed E-state index contributed by atoms with van der Waals surface area (Å²) in [4.78, 5) is 30.1. The number of aromatic nitrogens is 1. The number of amides is 1. The van der Waals surface area contributed by atoms with Gasteiger partial charge in [-0.15, -0.1) is 22.7 Å². The van der Waals surface area contributed by atoms with Crippen molar-refractivity contribution < 1.29 is 23.5 Å². The molecule has 1 aromatic carbocycles. The van der Waals surface area contributed by atoms with E-state index in [0.29, 0.717) is 27.0 Å². The smallest absolute Gasteiger partial charge is 0.341 e. The van der Waals surface area contributed by atoms with Gasteiger partial charge in [0.2, 0.25) is 5.91 Å². The highest BCUT2D eigenvalue weighted by molar-refractivity contribution is 7.16. The number of benzene rings is 1. The van der Waals surface area contributed by atoms with Crippen molar-refractivity contribution in [3.8, 4) is 5.75 Å².